The number of carbonyl (C=O) groups is 1. The molecule has 1 aromatic heterocycles. The molecule has 1 aliphatic carbocycles. The summed E-state index contributed by atoms with van der Waals surface area (Å²) < 4.78 is 2.12. The standard InChI is InChI=1S/C20H19ClN4O/c1-2-25-18(15-9-8-13(17(22)26)12-16(15)21)23-24-19(25)20(10-11-20)14-6-4-3-5-7-14/h3-9,12H,2,10-11H2,1H3,(H2,22,26). The van der Waals surface area contributed by atoms with Crippen LogP contribution in [0.5, 0.6) is 0 Å². The van der Waals surface area contributed by atoms with Gasteiger partial charge in [0.15, 0.2) is 5.82 Å². The third-order valence-electron chi connectivity index (χ3n) is 5.07. The largest absolute Gasteiger partial charge is 0.366 e. The Bertz CT molecular complexity index is 977. The minimum atomic E-state index is -0.503. The zero-order chi connectivity index (χ0) is 18.3. The van der Waals surface area contributed by atoms with Gasteiger partial charge < -0.3 is 10.3 Å². The molecule has 0 unspecified atom stereocenters. The first-order valence-electron chi connectivity index (χ1n) is 8.66. The van der Waals surface area contributed by atoms with Gasteiger partial charge in [0.2, 0.25) is 5.91 Å². The van der Waals surface area contributed by atoms with Crippen molar-refractivity contribution in [2.24, 2.45) is 5.73 Å². The third kappa shape index (κ3) is 2.59. The van der Waals surface area contributed by atoms with E-state index in [1.807, 2.05) is 6.07 Å². The van der Waals surface area contributed by atoms with E-state index in [0.717, 1.165) is 30.8 Å². The van der Waals surface area contributed by atoms with E-state index in [1.165, 1.54) is 5.56 Å². The van der Waals surface area contributed by atoms with E-state index >= 15 is 0 Å². The van der Waals surface area contributed by atoms with Crippen molar-refractivity contribution in [1.29, 1.82) is 0 Å². The minimum Gasteiger partial charge on any atom is -0.366 e. The lowest BCUT2D eigenvalue weighted by Gasteiger charge is -2.17. The molecular weight excluding hydrogens is 348 g/mol. The first-order chi connectivity index (χ1) is 12.6. The second-order valence-electron chi connectivity index (χ2n) is 6.60. The van der Waals surface area contributed by atoms with E-state index < -0.39 is 5.91 Å². The first-order valence-corrected chi connectivity index (χ1v) is 9.03. The minimum absolute atomic E-state index is 0.0673. The number of carbonyl (C=O) groups excluding carboxylic acids is 1. The summed E-state index contributed by atoms with van der Waals surface area (Å²) in [4.78, 5) is 11.4. The van der Waals surface area contributed by atoms with Crippen molar-refractivity contribution in [2.75, 3.05) is 0 Å². The number of halogens is 1. The number of aromatic nitrogens is 3. The van der Waals surface area contributed by atoms with Crippen LogP contribution in [0.4, 0.5) is 0 Å². The van der Waals surface area contributed by atoms with E-state index in [2.05, 4.69) is 46.0 Å². The molecule has 6 heteroatoms. The Hall–Kier alpha value is -2.66. The maximum Gasteiger partial charge on any atom is 0.248 e. The topological polar surface area (TPSA) is 73.8 Å². The quantitative estimate of drug-likeness (QED) is 0.746. The zero-order valence-corrected chi connectivity index (χ0v) is 15.2. The van der Waals surface area contributed by atoms with Crippen molar-refractivity contribution in [2.45, 2.75) is 31.7 Å². The zero-order valence-electron chi connectivity index (χ0n) is 14.4. The Morgan fingerprint density at radius 3 is 2.50 bits per heavy atom. The van der Waals surface area contributed by atoms with Gasteiger partial charge in [-0.1, -0.05) is 41.9 Å². The Kier molecular flexibility index (Phi) is 4.04. The highest BCUT2D eigenvalue weighted by Crippen LogP contribution is 2.53. The Morgan fingerprint density at radius 2 is 1.92 bits per heavy atom. The molecule has 1 fully saturated rings. The average Bonchev–Trinajstić information content (AvgIpc) is 3.35. The summed E-state index contributed by atoms with van der Waals surface area (Å²) in [5, 5.41) is 9.42. The fourth-order valence-corrected chi connectivity index (χ4v) is 3.79. The molecule has 0 aliphatic heterocycles. The lowest BCUT2D eigenvalue weighted by molar-refractivity contribution is 0.100. The molecule has 1 aliphatic rings. The number of rotatable bonds is 5. The second-order valence-corrected chi connectivity index (χ2v) is 7.01. The maximum atomic E-state index is 11.4. The Labute approximate surface area is 156 Å². The predicted octanol–water partition coefficient (Wildman–Crippen LogP) is 3.80. The monoisotopic (exact) mass is 366 g/mol. The van der Waals surface area contributed by atoms with Crippen molar-refractivity contribution >= 4 is 17.5 Å². The van der Waals surface area contributed by atoms with Gasteiger partial charge in [0.25, 0.3) is 0 Å². The molecule has 0 radical (unpaired) electrons. The lowest BCUT2D eigenvalue weighted by Crippen LogP contribution is -2.16. The van der Waals surface area contributed by atoms with E-state index in [0.29, 0.717) is 16.4 Å². The van der Waals surface area contributed by atoms with Crippen LogP contribution in [0.15, 0.2) is 48.5 Å². The van der Waals surface area contributed by atoms with Crippen molar-refractivity contribution in [3.63, 3.8) is 0 Å². The van der Waals surface area contributed by atoms with Crippen molar-refractivity contribution in [1.82, 2.24) is 14.8 Å². The molecule has 3 aromatic rings. The van der Waals surface area contributed by atoms with E-state index in [9.17, 15) is 4.79 Å². The van der Waals surface area contributed by atoms with Crippen LogP contribution in [0.25, 0.3) is 11.4 Å². The molecule has 132 valence electrons. The van der Waals surface area contributed by atoms with Crippen molar-refractivity contribution in [3.8, 4) is 11.4 Å². The summed E-state index contributed by atoms with van der Waals surface area (Å²) in [7, 11) is 0. The molecule has 0 spiro atoms. The average molecular weight is 367 g/mol. The first kappa shape index (κ1) is 16.8. The second kappa shape index (κ2) is 6.25. The molecule has 0 saturated heterocycles. The van der Waals surface area contributed by atoms with Crippen LogP contribution >= 0.6 is 11.6 Å². The maximum absolute atomic E-state index is 11.4. The van der Waals surface area contributed by atoms with Gasteiger partial charge in [-0.05, 0) is 43.5 Å². The number of hydrogen-bond donors (Lipinski definition) is 1. The number of nitrogens with two attached hydrogens (primary N) is 1. The van der Waals surface area contributed by atoms with Gasteiger partial charge in [0.05, 0.1) is 10.4 Å². The van der Waals surface area contributed by atoms with Crippen LogP contribution in [0.1, 0.15) is 41.5 Å². The molecule has 4 rings (SSSR count). The van der Waals surface area contributed by atoms with Gasteiger partial charge in [0.1, 0.15) is 5.82 Å². The molecule has 5 nitrogen and oxygen atoms in total. The van der Waals surface area contributed by atoms with Gasteiger partial charge in [-0.3, -0.25) is 4.79 Å². The summed E-state index contributed by atoms with van der Waals surface area (Å²) in [6.45, 7) is 2.81. The normalized spacial score (nSPS) is 15.0. The van der Waals surface area contributed by atoms with Crippen LogP contribution < -0.4 is 5.73 Å². The third-order valence-corrected chi connectivity index (χ3v) is 5.38. The molecule has 0 atom stereocenters. The summed E-state index contributed by atoms with van der Waals surface area (Å²) >= 11 is 6.40. The molecular formula is C20H19ClN4O. The van der Waals surface area contributed by atoms with Gasteiger partial charge in [-0.2, -0.15) is 0 Å². The fourth-order valence-electron chi connectivity index (χ4n) is 3.53. The van der Waals surface area contributed by atoms with Crippen LogP contribution in [-0.4, -0.2) is 20.7 Å². The van der Waals surface area contributed by atoms with Crippen LogP contribution in [0.3, 0.4) is 0 Å². The van der Waals surface area contributed by atoms with Gasteiger partial charge in [-0.25, -0.2) is 0 Å². The smallest absolute Gasteiger partial charge is 0.248 e. The van der Waals surface area contributed by atoms with E-state index in [4.69, 9.17) is 17.3 Å². The molecule has 1 heterocycles. The molecule has 1 amide bonds. The predicted molar refractivity (Wildman–Crippen MR) is 101 cm³/mol. The summed E-state index contributed by atoms with van der Waals surface area (Å²) in [5.74, 6) is 1.18. The van der Waals surface area contributed by atoms with Crippen LogP contribution in [0, 0.1) is 0 Å². The number of benzene rings is 2. The highest BCUT2D eigenvalue weighted by atomic mass is 35.5. The number of amides is 1. The highest BCUT2D eigenvalue weighted by molar-refractivity contribution is 6.33. The van der Waals surface area contributed by atoms with E-state index in [-0.39, 0.29) is 5.41 Å². The molecule has 2 aromatic carbocycles. The number of primary amides is 1. The lowest BCUT2D eigenvalue weighted by atomic mass is 9.95. The van der Waals surface area contributed by atoms with Crippen LogP contribution in [-0.2, 0) is 12.0 Å². The molecule has 26 heavy (non-hydrogen) atoms. The molecule has 1 saturated carbocycles. The van der Waals surface area contributed by atoms with Gasteiger partial charge in [-0.15, -0.1) is 10.2 Å². The fraction of sp³-hybridized carbons (Fsp3) is 0.250. The summed E-state index contributed by atoms with van der Waals surface area (Å²) in [5.41, 5.74) is 7.66. The summed E-state index contributed by atoms with van der Waals surface area (Å²) in [6, 6.07) is 15.5. The molecule has 2 N–H and O–H groups in total. The number of nitrogens with zero attached hydrogens (tertiary/aromatic N) is 3. The Balaban J connectivity index is 1.81. The van der Waals surface area contributed by atoms with Crippen LogP contribution in [0.2, 0.25) is 5.02 Å². The van der Waals surface area contributed by atoms with Crippen molar-refractivity contribution < 1.29 is 4.79 Å². The number of hydrogen-bond acceptors (Lipinski definition) is 3. The summed E-state index contributed by atoms with van der Waals surface area (Å²) in [6.07, 6.45) is 2.12. The SMILES string of the molecule is CCn1c(-c2ccc(C(N)=O)cc2Cl)nnc1C1(c2ccccc2)CC1. The molecule has 0 bridgehead atoms. The Morgan fingerprint density at radius 1 is 1.19 bits per heavy atom. The van der Waals surface area contributed by atoms with Gasteiger partial charge >= 0.3 is 0 Å². The highest BCUT2D eigenvalue weighted by Gasteiger charge is 2.50. The van der Waals surface area contributed by atoms with E-state index in [1.54, 1.807) is 18.2 Å². The van der Waals surface area contributed by atoms with Crippen molar-refractivity contribution in [3.05, 3.63) is 70.5 Å². The van der Waals surface area contributed by atoms with Gasteiger partial charge in [0, 0.05) is 17.7 Å².